The van der Waals surface area contributed by atoms with Gasteiger partial charge in [0.15, 0.2) is 0 Å². The second-order valence-electron chi connectivity index (χ2n) is 11.9. The first kappa shape index (κ1) is 35.3. The van der Waals surface area contributed by atoms with Gasteiger partial charge in [-0.2, -0.15) is 29.9 Å². The highest BCUT2D eigenvalue weighted by atomic mass is 16.3. The normalized spacial score (nSPS) is 13.0. The van der Waals surface area contributed by atoms with Crippen LogP contribution in [0.25, 0.3) is 0 Å². The molecule has 52 heavy (non-hydrogen) atoms. The predicted molar refractivity (Wildman–Crippen MR) is 205 cm³/mol. The van der Waals surface area contributed by atoms with Crippen LogP contribution in [0.3, 0.4) is 0 Å². The van der Waals surface area contributed by atoms with Crippen molar-refractivity contribution in [2.75, 3.05) is 39.8 Å². The average molecular weight is 697 g/mol. The van der Waals surface area contributed by atoms with Crippen LogP contribution in [0, 0.1) is 0 Å². The van der Waals surface area contributed by atoms with Crippen molar-refractivity contribution in [2.24, 2.45) is 4.99 Å². The Bertz CT molecular complexity index is 2040. The van der Waals surface area contributed by atoms with Gasteiger partial charge in [-0.1, -0.05) is 97.1 Å². The summed E-state index contributed by atoms with van der Waals surface area (Å²) in [5, 5.41) is 35.8. The summed E-state index contributed by atoms with van der Waals surface area (Å²) in [7, 11) is 0. The van der Waals surface area contributed by atoms with E-state index in [9.17, 15) is 10.2 Å². The van der Waals surface area contributed by atoms with Crippen molar-refractivity contribution >= 4 is 52.8 Å². The van der Waals surface area contributed by atoms with Gasteiger partial charge < -0.3 is 36.8 Å². The maximum Gasteiger partial charge on any atom is 0.256 e. The summed E-state index contributed by atoms with van der Waals surface area (Å²) < 4.78 is 0. The quantitative estimate of drug-likeness (QED) is 0.0575. The van der Waals surface area contributed by atoms with Crippen molar-refractivity contribution in [1.82, 2.24) is 29.9 Å². The zero-order chi connectivity index (χ0) is 36.1. The Hall–Kier alpha value is -6.51. The molecule has 14 heteroatoms. The molecule has 2 heterocycles. The Morgan fingerprint density at radius 2 is 0.923 bits per heavy atom. The number of anilines is 7. The molecule has 0 aliphatic heterocycles. The van der Waals surface area contributed by atoms with Crippen LogP contribution in [0.4, 0.5) is 47.1 Å². The lowest BCUT2D eigenvalue weighted by molar-refractivity contribution is 0.281. The van der Waals surface area contributed by atoms with Crippen LogP contribution in [0.1, 0.15) is 31.0 Å². The highest BCUT2D eigenvalue weighted by Gasteiger charge is 2.24. The number of nitrogens with one attached hydrogen (secondary N) is 5. The molecule has 6 aromatic rings. The van der Waals surface area contributed by atoms with Gasteiger partial charge in [0.25, 0.3) is 5.95 Å². The third-order valence-corrected chi connectivity index (χ3v) is 7.59. The molecular formula is C38H40N12O2. The predicted octanol–water partition coefficient (Wildman–Crippen LogP) is 6.10. The molecule has 3 unspecified atom stereocenters. The second-order valence-corrected chi connectivity index (χ2v) is 11.9. The molecular weight excluding hydrogens is 656 g/mol. The van der Waals surface area contributed by atoms with E-state index in [-0.39, 0.29) is 55.0 Å². The zero-order valence-corrected chi connectivity index (χ0v) is 28.7. The maximum absolute atomic E-state index is 9.77. The van der Waals surface area contributed by atoms with Crippen molar-refractivity contribution in [3.8, 4) is 0 Å². The van der Waals surface area contributed by atoms with Crippen LogP contribution in [0.5, 0.6) is 0 Å². The van der Waals surface area contributed by atoms with Crippen molar-refractivity contribution in [1.29, 1.82) is 0 Å². The largest absolute Gasteiger partial charge is 0.394 e. The topological polar surface area (TPSA) is 190 Å². The lowest BCUT2D eigenvalue weighted by Gasteiger charge is -2.23. The van der Waals surface area contributed by atoms with Crippen molar-refractivity contribution < 1.29 is 10.2 Å². The summed E-state index contributed by atoms with van der Waals surface area (Å²) in [6.07, 6.45) is 0. The van der Waals surface area contributed by atoms with Gasteiger partial charge in [-0.15, -0.1) is 0 Å². The number of nitrogens with zero attached hydrogens (tertiary/aromatic N) is 7. The van der Waals surface area contributed by atoms with Gasteiger partial charge >= 0.3 is 0 Å². The number of benzene rings is 4. The maximum atomic E-state index is 9.77. The molecule has 0 aliphatic carbocycles. The van der Waals surface area contributed by atoms with Gasteiger partial charge in [0.1, 0.15) is 0 Å². The molecule has 14 nitrogen and oxygen atoms in total. The minimum Gasteiger partial charge on any atom is -0.394 e. The highest BCUT2D eigenvalue weighted by molar-refractivity contribution is 6.07. The molecule has 0 saturated heterocycles. The molecule has 7 N–H and O–H groups in total. The summed E-state index contributed by atoms with van der Waals surface area (Å²) in [6, 6.07) is 37.4. The van der Waals surface area contributed by atoms with E-state index in [0.717, 1.165) is 22.5 Å². The fraction of sp³-hybridized carbons (Fsp3) is 0.184. The molecule has 6 rings (SSSR count). The monoisotopic (exact) mass is 696 g/mol. The molecule has 0 aliphatic rings. The van der Waals surface area contributed by atoms with E-state index in [1.165, 1.54) is 0 Å². The Labute approximate surface area is 301 Å². The molecule has 264 valence electrons. The van der Waals surface area contributed by atoms with E-state index in [1.54, 1.807) is 0 Å². The van der Waals surface area contributed by atoms with Crippen LogP contribution in [0.15, 0.2) is 126 Å². The second kappa shape index (κ2) is 17.4. The summed E-state index contributed by atoms with van der Waals surface area (Å²) in [6.45, 7) is 3.41. The summed E-state index contributed by atoms with van der Waals surface area (Å²) in [5.41, 5.74) is 3.81. The highest BCUT2D eigenvalue weighted by Crippen LogP contribution is 2.28. The standard InChI is InChI=1S/C38H40N12O2/c1-25(23-51)39-33-45-35(41-29-19-11-5-12-20-29)49-37(47-33)43-31(27-15-7-3-8-16-27)32(28-17-9-4-10-18-28)44-38-48-34(40-26(2)24-52)46-36(50-38)42-30-21-13-6-14-22-30/h3-22,25-26,31,51-52H,23-24H2,1-2H3,(H2,40,42,46,48,50)(H3,39,41,43,45,47,49). The molecule has 0 fully saturated rings. The van der Waals surface area contributed by atoms with Gasteiger partial charge in [0.05, 0.1) is 25.0 Å². The van der Waals surface area contributed by atoms with E-state index in [1.807, 2.05) is 135 Å². The van der Waals surface area contributed by atoms with Gasteiger partial charge in [-0.3, -0.25) is 0 Å². The zero-order valence-electron chi connectivity index (χ0n) is 28.7. The Kier molecular flexibility index (Phi) is 11.8. The minimum absolute atomic E-state index is 0.117. The van der Waals surface area contributed by atoms with E-state index in [2.05, 4.69) is 41.5 Å². The van der Waals surface area contributed by atoms with Gasteiger partial charge in [0, 0.05) is 23.5 Å². The fourth-order valence-electron chi connectivity index (χ4n) is 5.03. The number of hydrogen-bond donors (Lipinski definition) is 7. The van der Waals surface area contributed by atoms with Crippen molar-refractivity contribution in [3.05, 3.63) is 132 Å². The molecule has 0 saturated carbocycles. The molecule has 3 atom stereocenters. The summed E-state index contributed by atoms with van der Waals surface area (Å²) in [4.78, 5) is 33.0. The molecule has 2 aromatic heterocycles. The first-order valence-electron chi connectivity index (χ1n) is 16.8. The molecule has 0 bridgehead atoms. The molecule has 0 amide bonds. The fourth-order valence-corrected chi connectivity index (χ4v) is 5.03. The Balaban J connectivity index is 1.47. The average Bonchev–Trinajstić information content (AvgIpc) is 3.17. The van der Waals surface area contributed by atoms with Gasteiger partial charge in [0.2, 0.25) is 29.7 Å². The Morgan fingerprint density at radius 3 is 1.44 bits per heavy atom. The number of rotatable bonds is 16. The molecule has 0 radical (unpaired) electrons. The van der Waals surface area contributed by atoms with Gasteiger partial charge in [-0.25, -0.2) is 4.99 Å². The number of aromatic nitrogens is 6. The van der Waals surface area contributed by atoms with Crippen LogP contribution >= 0.6 is 0 Å². The first-order chi connectivity index (χ1) is 25.4. The smallest absolute Gasteiger partial charge is 0.256 e. The SMILES string of the molecule is CC(CO)Nc1nc(N=C(c2ccccc2)C(Nc2nc(Nc3ccccc3)nc(NC(C)CO)n2)c2ccccc2)nc(Nc2ccccc2)n1. The number of para-hydroxylation sites is 2. The number of aliphatic hydroxyl groups excluding tert-OH is 2. The third-order valence-electron chi connectivity index (χ3n) is 7.59. The Morgan fingerprint density at radius 1 is 0.519 bits per heavy atom. The van der Waals surface area contributed by atoms with Crippen LogP contribution in [0.2, 0.25) is 0 Å². The van der Waals surface area contributed by atoms with Crippen LogP contribution < -0.4 is 26.6 Å². The summed E-state index contributed by atoms with van der Waals surface area (Å²) in [5.74, 6) is 1.46. The first-order valence-corrected chi connectivity index (χ1v) is 16.8. The lowest BCUT2D eigenvalue weighted by atomic mass is 9.96. The van der Waals surface area contributed by atoms with Crippen LogP contribution in [-0.4, -0.2) is 71.1 Å². The number of aliphatic imine (C=N–C) groups is 1. The van der Waals surface area contributed by atoms with Crippen LogP contribution in [-0.2, 0) is 0 Å². The van der Waals surface area contributed by atoms with E-state index in [4.69, 9.17) is 19.9 Å². The van der Waals surface area contributed by atoms with E-state index in [0.29, 0.717) is 11.7 Å². The minimum atomic E-state index is -0.617. The van der Waals surface area contributed by atoms with E-state index < -0.39 is 6.04 Å². The van der Waals surface area contributed by atoms with E-state index >= 15 is 0 Å². The van der Waals surface area contributed by atoms with Crippen molar-refractivity contribution in [3.63, 3.8) is 0 Å². The molecule has 0 spiro atoms. The number of aliphatic hydroxyl groups is 2. The van der Waals surface area contributed by atoms with Crippen molar-refractivity contribution in [2.45, 2.75) is 32.0 Å². The summed E-state index contributed by atoms with van der Waals surface area (Å²) >= 11 is 0. The molecule has 4 aromatic carbocycles. The van der Waals surface area contributed by atoms with Gasteiger partial charge in [-0.05, 0) is 49.2 Å². The third kappa shape index (κ3) is 9.80. The number of hydrogen-bond acceptors (Lipinski definition) is 14. The lowest BCUT2D eigenvalue weighted by Crippen LogP contribution is -2.25.